The number of piperidine rings is 1. The first-order chi connectivity index (χ1) is 10.3. The molecule has 1 aliphatic rings. The van der Waals surface area contributed by atoms with Gasteiger partial charge in [-0.25, -0.2) is 0 Å². The molecule has 21 heavy (non-hydrogen) atoms. The van der Waals surface area contributed by atoms with Gasteiger partial charge < -0.3 is 15.5 Å². The van der Waals surface area contributed by atoms with Gasteiger partial charge in [0.2, 0.25) is 0 Å². The van der Waals surface area contributed by atoms with E-state index in [1.165, 1.54) is 25.9 Å². The van der Waals surface area contributed by atoms with E-state index in [0.717, 1.165) is 37.9 Å². The van der Waals surface area contributed by atoms with Gasteiger partial charge in [-0.2, -0.15) is 5.10 Å². The summed E-state index contributed by atoms with van der Waals surface area (Å²) in [5.74, 6) is 1.68. The van der Waals surface area contributed by atoms with Crippen LogP contribution >= 0.6 is 0 Å². The van der Waals surface area contributed by atoms with E-state index >= 15 is 0 Å². The van der Waals surface area contributed by atoms with Crippen LogP contribution in [0.3, 0.4) is 0 Å². The summed E-state index contributed by atoms with van der Waals surface area (Å²) >= 11 is 0. The van der Waals surface area contributed by atoms with Gasteiger partial charge in [-0.3, -0.25) is 9.67 Å². The molecule has 1 saturated heterocycles. The van der Waals surface area contributed by atoms with Crippen molar-refractivity contribution in [1.29, 1.82) is 0 Å². The second-order valence-corrected chi connectivity index (χ2v) is 5.75. The average molecular weight is 292 g/mol. The lowest BCUT2D eigenvalue weighted by Gasteiger charge is -2.29. The first kappa shape index (κ1) is 15.8. The maximum absolute atomic E-state index is 4.28. The van der Waals surface area contributed by atoms with Crippen molar-refractivity contribution in [1.82, 2.24) is 25.3 Å². The second kappa shape index (κ2) is 8.67. The Morgan fingerprint density at radius 1 is 1.33 bits per heavy atom. The third kappa shape index (κ3) is 5.75. The van der Waals surface area contributed by atoms with Crippen LogP contribution in [-0.2, 0) is 6.54 Å². The predicted molar refractivity (Wildman–Crippen MR) is 86.4 cm³/mol. The van der Waals surface area contributed by atoms with Gasteiger partial charge in [-0.1, -0.05) is 0 Å². The quantitative estimate of drug-likeness (QED) is 0.462. The Morgan fingerprint density at radius 2 is 2.14 bits per heavy atom. The maximum atomic E-state index is 4.28. The van der Waals surface area contributed by atoms with Gasteiger partial charge in [0.15, 0.2) is 5.96 Å². The standard InChI is InChI=1S/C15H28N6/c1-16-15(17-7-3-9-21-10-4-8-19-21)18-13-14-5-11-20(2)12-6-14/h4,8,10,14H,3,5-7,9,11-13H2,1-2H3,(H2,16,17,18). The van der Waals surface area contributed by atoms with Gasteiger partial charge in [-0.15, -0.1) is 0 Å². The van der Waals surface area contributed by atoms with Crippen molar-refractivity contribution in [3.8, 4) is 0 Å². The Labute approximate surface area is 127 Å². The molecule has 0 radical (unpaired) electrons. The minimum absolute atomic E-state index is 0.767. The minimum atomic E-state index is 0.767. The van der Waals surface area contributed by atoms with Crippen molar-refractivity contribution in [2.75, 3.05) is 40.3 Å². The normalized spacial score (nSPS) is 17.9. The molecule has 0 spiro atoms. The molecule has 1 aliphatic heterocycles. The highest BCUT2D eigenvalue weighted by molar-refractivity contribution is 5.79. The molecule has 0 aliphatic carbocycles. The largest absolute Gasteiger partial charge is 0.356 e. The van der Waals surface area contributed by atoms with Crippen LogP contribution in [0.25, 0.3) is 0 Å². The molecular formula is C15H28N6. The molecule has 0 atom stereocenters. The average Bonchev–Trinajstić information content (AvgIpc) is 3.01. The lowest BCUT2D eigenvalue weighted by molar-refractivity contribution is 0.220. The van der Waals surface area contributed by atoms with E-state index in [2.05, 4.69) is 32.7 Å². The highest BCUT2D eigenvalue weighted by Crippen LogP contribution is 2.14. The number of rotatable bonds is 6. The molecule has 0 saturated carbocycles. The lowest BCUT2D eigenvalue weighted by Crippen LogP contribution is -2.42. The molecule has 1 aromatic heterocycles. The Morgan fingerprint density at radius 3 is 2.81 bits per heavy atom. The summed E-state index contributed by atoms with van der Waals surface area (Å²) in [7, 11) is 4.03. The summed E-state index contributed by atoms with van der Waals surface area (Å²) in [5.41, 5.74) is 0. The van der Waals surface area contributed by atoms with E-state index in [-0.39, 0.29) is 0 Å². The summed E-state index contributed by atoms with van der Waals surface area (Å²) in [6, 6.07) is 1.95. The Balaban J connectivity index is 1.57. The third-order valence-electron chi connectivity index (χ3n) is 4.04. The van der Waals surface area contributed by atoms with E-state index < -0.39 is 0 Å². The number of guanidine groups is 1. The van der Waals surface area contributed by atoms with Crippen LogP contribution in [0.4, 0.5) is 0 Å². The molecule has 1 aromatic rings. The Kier molecular flexibility index (Phi) is 6.53. The van der Waals surface area contributed by atoms with Crippen LogP contribution < -0.4 is 10.6 Å². The molecule has 118 valence electrons. The highest BCUT2D eigenvalue weighted by atomic mass is 15.3. The van der Waals surface area contributed by atoms with E-state index in [0.29, 0.717) is 0 Å². The lowest BCUT2D eigenvalue weighted by atomic mass is 9.97. The number of nitrogens with one attached hydrogen (secondary N) is 2. The van der Waals surface area contributed by atoms with Crippen LogP contribution in [0.15, 0.2) is 23.5 Å². The predicted octanol–water partition coefficient (Wildman–Crippen LogP) is 0.780. The van der Waals surface area contributed by atoms with Crippen LogP contribution in [-0.4, -0.2) is 60.9 Å². The summed E-state index contributed by atoms with van der Waals surface area (Å²) in [6.07, 6.45) is 7.40. The molecule has 0 bridgehead atoms. The van der Waals surface area contributed by atoms with Gasteiger partial charge in [0.05, 0.1) is 0 Å². The molecule has 6 nitrogen and oxygen atoms in total. The highest BCUT2D eigenvalue weighted by Gasteiger charge is 2.16. The Hall–Kier alpha value is -1.56. The van der Waals surface area contributed by atoms with Crippen LogP contribution in [0.2, 0.25) is 0 Å². The molecule has 0 aromatic carbocycles. The number of nitrogens with zero attached hydrogens (tertiary/aromatic N) is 4. The summed E-state index contributed by atoms with van der Waals surface area (Å²) in [4.78, 5) is 6.69. The van der Waals surface area contributed by atoms with Crippen molar-refractivity contribution in [2.24, 2.45) is 10.9 Å². The van der Waals surface area contributed by atoms with Crippen LogP contribution in [0, 0.1) is 5.92 Å². The topological polar surface area (TPSA) is 57.5 Å². The molecule has 2 N–H and O–H groups in total. The van der Waals surface area contributed by atoms with Gasteiger partial charge in [0, 0.05) is 39.1 Å². The zero-order valence-electron chi connectivity index (χ0n) is 13.3. The smallest absolute Gasteiger partial charge is 0.190 e. The fourth-order valence-electron chi connectivity index (χ4n) is 2.61. The molecule has 6 heteroatoms. The van der Waals surface area contributed by atoms with E-state index in [9.17, 15) is 0 Å². The molecule has 0 amide bonds. The number of aromatic nitrogens is 2. The molecule has 0 unspecified atom stereocenters. The van der Waals surface area contributed by atoms with E-state index in [4.69, 9.17) is 0 Å². The van der Waals surface area contributed by atoms with Crippen LogP contribution in [0.1, 0.15) is 19.3 Å². The van der Waals surface area contributed by atoms with E-state index in [1.54, 1.807) is 0 Å². The number of hydrogen-bond acceptors (Lipinski definition) is 3. The number of aryl methyl sites for hydroxylation is 1. The monoisotopic (exact) mass is 292 g/mol. The molecule has 2 heterocycles. The van der Waals surface area contributed by atoms with Crippen molar-refractivity contribution >= 4 is 5.96 Å². The van der Waals surface area contributed by atoms with Gasteiger partial charge in [0.25, 0.3) is 0 Å². The zero-order valence-corrected chi connectivity index (χ0v) is 13.3. The SMILES string of the molecule is CN=C(NCCCn1cccn1)NCC1CCN(C)CC1. The Bertz CT molecular complexity index is 406. The summed E-state index contributed by atoms with van der Waals surface area (Å²) in [5, 5.41) is 11.0. The van der Waals surface area contributed by atoms with Gasteiger partial charge in [0.1, 0.15) is 0 Å². The third-order valence-corrected chi connectivity index (χ3v) is 4.04. The number of likely N-dealkylation sites (tertiary alicyclic amines) is 1. The van der Waals surface area contributed by atoms with Gasteiger partial charge in [-0.05, 0) is 51.4 Å². The first-order valence-corrected chi connectivity index (χ1v) is 7.88. The van der Waals surface area contributed by atoms with Crippen molar-refractivity contribution in [2.45, 2.75) is 25.8 Å². The molecule has 2 rings (SSSR count). The fourth-order valence-corrected chi connectivity index (χ4v) is 2.61. The van der Waals surface area contributed by atoms with Crippen molar-refractivity contribution < 1.29 is 0 Å². The zero-order chi connectivity index (χ0) is 14.9. The second-order valence-electron chi connectivity index (χ2n) is 5.75. The van der Waals surface area contributed by atoms with E-state index in [1.807, 2.05) is 30.2 Å². The number of hydrogen-bond donors (Lipinski definition) is 2. The van der Waals surface area contributed by atoms with Crippen molar-refractivity contribution in [3.05, 3.63) is 18.5 Å². The summed E-state index contributed by atoms with van der Waals surface area (Å²) in [6.45, 7) is 5.29. The molecule has 1 fully saturated rings. The summed E-state index contributed by atoms with van der Waals surface area (Å²) < 4.78 is 1.95. The van der Waals surface area contributed by atoms with Crippen LogP contribution in [0.5, 0.6) is 0 Å². The minimum Gasteiger partial charge on any atom is -0.356 e. The fraction of sp³-hybridized carbons (Fsp3) is 0.733. The van der Waals surface area contributed by atoms with Crippen molar-refractivity contribution in [3.63, 3.8) is 0 Å². The van der Waals surface area contributed by atoms with Gasteiger partial charge >= 0.3 is 0 Å². The molecular weight excluding hydrogens is 264 g/mol. The first-order valence-electron chi connectivity index (χ1n) is 7.88. The maximum Gasteiger partial charge on any atom is 0.190 e. The number of aliphatic imine (C=N–C) groups is 1.